The Kier molecular flexibility index (Phi) is 5.84. The number of hydrogen-bond acceptors (Lipinski definition) is 4. The molecule has 0 aliphatic carbocycles. The van der Waals surface area contributed by atoms with Crippen LogP contribution in [-0.4, -0.2) is 23.0 Å². The maximum atomic E-state index is 12.5. The Balaban J connectivity index is 1.76. The molecule has 1 amide bonds. The number of nitrogens with one attached hydrogen (secondary N) is 2. The van der Waals surface area contributed by atoms with Gasteiger partial charge in [0.05, 0.1) is 6.54 Å². The number of aromatic nitrogens is 1. The topological polar surface area (TPSA) is 63.2 Å². The Labute approximate surface area is 136 Å². The SMILES string of the molecule is O=C(CNCc1cccnc1)Nc1ccc(OC(F)(F)Cl)cc1. The van der Waals surface area contributed by atoms with Crippen LogP contribution in [0.25, 0.3) is 0 Å². The normalized spacial score (nSPS) is 11.1. The molecule has 1 aromatic carbocycles. The number of hydrogen-bond donors (Lipinski definition) is 2. The molecule has 122 valence electrons. The molecule has 0 radical (unpaired) electrons. The van der Waals surface area contributed by atoms with Gasteiger partial charge in [-0.25, -0.2) is 0 Å². The first-order chi connectivity index (χ1) is 10.9. The first kappa shape index (κ1) is 17.1. The Bertz CT molecular complexity index is 633. The highest BCUT2D eigenvalue weighted by molar-refractivity contribution is 6.20. The van der Waals surface area contributed by atoms with Gasteiger partial charge in [0.1, 0.15) is 5.75 Å². The number of alkyl halides is 3. The van der Waals surface area contributed by atoms with Crippen molar-refractivity contribution in [1.29, 1.82) is 0 Å². The van der Waals surface area contributed by atoms with E-state index in [4.69, 9.17) is 0 Å². The molecular weight excluding hydrogens is 328 g/mol. The first-order valence-electron chi connectivity index (χ1n) is 6.68. The van der Waals surface area contributed by atoms with Gasteiger partial charge in [-0.15, -0.1) is 8.78 Å². The van der Waals surface area contributed by atoms with E-state index in [0.717, 1.165) is 5.56 Å². The Morgan fingerprint density at radius 1 is 1.26 bits per heavy atom. The standard InChI is InChI=1S/C15H14ClF2N3O2/c16-15(17,18)23-13-5-3-12(4-6-13)21-14(22)10-20-9-11-2-1-7-19-8-11/h1-8,20H,9-10H2,(H,21,22). The van der Waals surface area contributed by atoms with E-state index < -0.39 is 5.57 Å². The highest BCUT2D eigenvalue weighted by Gasteiger charge is 2.27. The minimum absolute atomic E-state index is 0.0994. The zero-order valence-electron chi connectivity index (χ0n) is 11.9. The molecule has 0 atom stereocenters. The van der Waals surface area contributed by atoms with Crippen molar-refractivity contribution in [3.63, 3.8) is 0 Å². The van der Waals surface area contributed by atoms with Crippen LogP contribution in [0.15, 0.2) is 48.8 Å². The molecule has 1 aromatic heterocycles. The number of carbonyl (C=O) groups is 1. The molecule has 0 saturated heterocycles. The van der Waals surface area contributed by atoms with Gasteiger partial charge in [-0.3, -0.25) is 9.78 Å². The number of pyridine rings is 1. The van der Waals surface area contributed by atoms with E-state index in [1.54, 1.807) is 12.4 Å². The maximum Gasteiger partial charge on any atom is 0.487 e. The van der Waals surface area contributed by atoms with Crippen molar-refractivity contribution in [2.24, 2.45) is 0 Å². The molecule has 8 heteroatoms. The van der Waals surface area contributed by atoms with Crippen LogP contribution in [0.3, 0.4) is 0 Å². The minimum atomic E-state index is -3.76. The Hall–Kier alpha value is -2.25. The summed E-state index contributed by atoms with van der Waals surface area (Å²) in [6.07, 6.45) is 3.37. The van der Waals surface area contributed by atoms with Crippen LogP contribution in [-0.2, 0) is 11.3 Å². The van der Waals surface area contributed by atoms with E-state index in [0.29, 0.717) is 12.2 Å². The summed E-state index contributed by atoms with van der Waals surface area (Å²) in [5.74, 6) is -0.358. The first-order valence-corrected chi connectivity index (χ1v) is 7.05. The molecule has 0 unspecified atom stereocenters. The van der Waals surface area contributed by atoms with Crippen molar-refractivity contribution in [2.75, 3.05) is 11.9 Å². The van der Waals surface area contributed by atoms with E-state index >= 15 is 0 Å². The molecule has 0 fully saturated rings. The summed E-state index contributed by atoms with van der Waals surface area (Å²) in [7, 11) is 0. The fourth-order valence-electron chi connectivity index (χ4n) is 1.77. The molecule has 0 saturated carbocycles. The lowest BCUT2D eigenvalue weighted by Crippen LogP contribution is -2.27. The predicted octanol–water partition coefficient (Wildman–Crippen LogP) is 2.98. The third-order valence-corrected chi connectivity index (χ3v) is 2.79. The molecule has 0 bridgehead atoms. The number of anilines is 1. The van der Waals surface area contributed by atoms with Gasteiger partial charge in [0.2, 0.25) is 5.91 Å². The maximum absolute atomic E-state index is 12.5. The second-order valence-electron chi connectivity index (χ2n) is 4.59. The van der Waals surface area contributed by atoms with Crippen LogP contribution in [0.2, 0.25) is 0 Å². The highest BCUT2D eigenvalue weighted by atomic mass is 35.5. The van der Waals surface area contributed by atoms with E-state index in [-0.39, 0.29) is 18.2 Å². The fraction of sp³-hybridized carbons (Fsp3) is 0.200. The molecule has 0 aliphatic rings. The van der Waals surface area contributed by atoms with Gasteiger partial charge in [-0.2, -0.15) is 0 Å². The van der Waals surface area contributed by atoms with Crippen LogP contribution in [0.1, 0.15) is 5.56 Å². The highest BCUT2D eigenvalue weighted by Crippen LogP contribution is 2.25. The third-order valence-electron chi connectivity index (χ3n) is 2.71. The van der Waals surface area contributed by atoms with Crippen LogP contribution in [0.5, 0.6) is 5.75 Å². The van der Waals surface area contributed by atoms with Crippen molar-refractivity contribution in [1.82, 2.24) is 10.3 Å². The van der Waals surface area contributed by atoms with Crippen molar-refractivity contribution in [2.45, 2.75) is 12.1 Å². The van der Waals surface area contributed by atoms with Gasteiger partial charge >= 0.3 is 5.57 Å². The van der Waals surface area contributed by atoms with Crippen LogP contribution >= 0.6 is 11.6 Å². The zero-order valence-corrected chi connectivity index (χ0v) is 12.7. The quantitative estimate of drug-likeness (QED) is 0.760. The number of carbonyl (C=O) groups excluding carboxylic acids is 1. The molecule has 0 spiro atoms. The van der Waals surface area contributed by atoms with Crippen molar-refractivity contribution >= 4 is 23.2 Å². The lowest BCUT2D eigenvalue weighted by atomic mass is 10.3. The number of halogens is 3. The molecule has 1 heterocycles. The van der Waals surface area contributed by atoms with Gasteiger partial charge in [-0.1, -0.05) is 6.07 Å². The minimum Gasteiger partial charge on any atom is -0.420 e. The summed E-state index contributed by atoms with van der Waals surface area (Å²) in [5.41, 5.74) is -2.34. The molecule has 2 aromatic rings. The van der Waals surface area contributed by atoms with Crippen molar-refractivity contribution in [3.05, 3.63) is 54.4 Å². The summed E-state index contributed by atoms with van der Waals surface area (Å²) in [4.78, 5) is 15.7. The molecule has 5 nitrogen and oxygen atoms in total. The number of rotatable bonds is 7. The molecule has 0 aliphatic heterocycles. The van der Waals surface area contributed by atoms with Gasteiger partial charge in [0.15, 0.2) is 0 Å². The van der Waals surface area contributed by atoms with Crippen LogP contribution in [0, 0.1) is 0 Å². The van der Waals surface area contributed by atoms with E-state index in [1.165, 1.54) is 24.3 Å². The molecule has 23 heavy (non-hydrogen) atoms. The summed E-state index contributed by atoms with van der Waals surface area (Å²) in [6, 6.07) is 9.16. The lowest BCUT2D eigenvalue weighted by Gasteiger charge is -2.11. The number of ether oxygens (including phenoxy) is 1. The van der Waals surface area contributed by atoms with Crippen molar-refractivity contribution in [3.8, 4) is 5.75 Å². The summed E-state index contributed by atoms with van der Waals surface area (Å²) in [6.45, 7) is 0.617. The average Bonchev–Trinajstić information content (AvgIpc) is 2.49. The van der Waals surface area contributed by atoms with Crippen molar-refractivity contribution < 1.29 is 18.3 Å². The Morgan fingerprint density at radius 2 is 2.00 bits per heavy atom. The zero-order chi connectivity index (χ0) is 16.7. The molecule has 2 rings (SSSR count). The fourth-order valence-corrected chi connectivity index (χ4v) is 1.86. The van der Waals surface area contributed by atoms with Gasteiger partial charge in [0.25, 0.3) is 0 Å². The third kappa shape index (κ3) is 6.58. The average molecular weight is 342 g/mol. The van der Waals surface area contributed by atoms with E-state index in [2.05, 4.69) is 32.0 Å². The smallest absolute Gasteiger partial charge is 0.420 e. The summed E-state index contributed by atoms with van der Waals surface area (Å²) in [5, 5.41) is 5.60. The van der Waals surface area contributed by atoms with E-state index in [9.17, 15) is 13.6 Å². The van der Waals surface area contributed by atoms with Gasteiger partial charge < -0.3 is 15.4 Å². The lowest BCUT2D eigenvalue weighted by molar-refractivity contribution is -0.115. The molecule has 2 N–H and O–H groups in total. The van der Waals surface area contributed by atoms with E-state index in [1.807, 2.05) is 12.1 Å². The number of nitrogens with zero attached hydrogens (tertiary/aromatic N) is 1. The second-order valence-corrected chi connectivity index (χ2v) is 5.03. The summed E-state index contributed by atoms with van der Waals surface area (Å²) >= 11 is 4.66. The number of benzene rings is 1. The van der Waals surface area contributed by atoms with Gasteiger partial charge in [-0.05, 0) is 35.9 Å². The van der Waals surface area contributed by atoms with Crippen LogP contribution < -0.4 is 15.4 Å². The second kappa shape index (κ2) is 7.85. The predicted molar refractivity (Wildman–Crippen MR) is 82.4 cm³/mol. The van der Waals surface area contributed by atoms with Gasteiger partial charge in [0, 0.05) is 36.2 Å². The molecular formula is C15H14ClF2N3O2. The largest absolute Gasteiger partial charge is 0.487 e. The van der Waals surface area contributed by atoms with Crippen LogP contribution in [0.4, 0.5) is 14.5 Å². The summed E-state index contributed by atoms with van der Waals surface area (Å²) < 4.78 is 29.1. The Morgan fingerprint density at radius 3 is 2.61 bits per heavy atom. The monoisotopic (exact) mass is 341 g/mol. The number of amides is 1.